The molecule has 1 aromatic carbocycles. The van der Waals surface area contributed by atoms with Gasteiger partial charge in [-0.1, -0.05) is 23.7 Å². The number of rotatable bonds is 2. The highest BCUT2D eigenvalue weighted by atomic mass is 35.5. The molecule has 4 nitrogen and oxygen atoms in total. The molecule has 1 N–H and O–H groups in total. The molecule has 3 aromatic rings. The summed E-state index contributed by atoms with van der Waals surface area (Å²) in [6, 6.07) is 12.5. The standard InChI is InChI=1S/C15H10ClN3O/c16-14-7-6-10(9-18-14)19-15(20)12-3-1-5-13-11(12)4-2-8-17-13/h1-9H,(H,19,20). The maximum Gasteiger partial charge on any atom is 0.256 e. The Labute approximate surface area is 120 Å². The normalized spacial score (nSPS) is 10.4. The monoisotopic (exact) mass is 283 g/mol. The number of carbonyl (C=O) groups is 1. The first-order chi connectivity index (χ1) is 9.74. The Bertz CT molecular complexity index is 766. The van der Waals surface area contributed by atoms with Crippen LogP contribution in [0, 0.1) is 0 Å². The maximum atomic E-state index is 12.3. The Morgan fingerprint density at radius 1 is 1.05 bits per heavy atom. The van der Waals surface area contributed by atoms with Gasteiger partial charge in [-0.25, -0.2) is 4.98 Å². The van der Waals surface area contributed by atoms with Crippen molar-refractivity contribution in [3.8, 4) is 0 Å². The number of carbonyl (C=O) groups excluding carboxylic acids is 1. The van der Waals surface area contributed by atoms with Crippen LogP contribution in [0.25, 0.3) is 10.9 Å². The largest absolute Gasteiger partial charge is 0.321 e. The molecule has 0 atom stereocenters. The number of aromatic nitrogens is 2. The number of anilines is 1. The van der Waals surface area contributed by atoms with E-state index < -0.39 is 0 Å². The number of fused-ring (bicyclic) bond motifs is 1. The summed E-state index contributed by atoms with van der Waals surface area (Å²) in [4.78, 5) is 20.5. The second-order valence-electron chi connectivity index (χ2n) is 4.20. The van der Waals surface area contributed by atoms with Gasteiger partial charge in [0, 0.05) is 17.1 Å². The quantitative estimate of drug-likeness (QED) is 0.732. The lowest BCUT2D eigenvalue weighted by atomic mass is 10.1. The van der Waals surface area contributed by atoms with Crippen molar-refractivity contribution in [2.75, 3.05) is 5.32 Å². The van der Waals surface area contributed by atoms with Crippen molar-refractivity contribution in [3.63, 3.8) is 0 Å². The van der Waals surface area contributed by atoms with E-state index in [1.807, 2.05) is 24.3 Å². The van der Waals surface area contributed by atoms with Gasteiger partial charge in [0.25, 0.3) is 5.91 Å². The van der Waals surface area contributed by atoms with E-state index in [4.69, 9.17) is 11.6 Å². The second kappa shape index (κ2) is 5.27. The highest BCUT2D eigenvalue weighted by Crippen LogP contribution is 2.18. The zero-order valence-corrected chi connectivity index (χ0v) is 11.1. The minimum absolute atomic E-state index is 0.201. The lowest BCUT2D eigenvalue weighted by molar-refractivity contribution is 0.102. The van der Waals surface area contributed by atoms with E-state index >= 15 is 0 Å². The van der Waals surface area contributed by atoms with Gasteiger partial charge in [-0.3, -0.25) is 9.78 Å². The molecule has 0 aliphatic carbocycles. The molecule has 0 saturated carbocycles. The first-order valence-corrected chi connectivity index (χ1v) is 6.38. The van der Waals surface area contributed by atoms with Gasteiger partial charge in [-0.15, -0.1) is 0 Å². The van der Waals surface area contributed by atoms with Crippen LogP contribution in [-0.2, 0) is 0 Å². The third-order valence-electron chi connectivity index (χ3n) is 2.88. The van der Waals surface area contributed by atoms with Crippen molar-refractivity contribution in [1.82, 2.24) is 9.97 Å². The average Bonchev–Trinajstić information content (AvgIpc) is 2.49. The molecule has 20 heavy (non-hydrogen) atoms. The van der Waals surface area contributed by atoms with E-state index in [-0.39, 0.29) is 5.91 Å². The van der Waals surface area contributed by atoms with Crippen LogP contribution in [0.4, 0.5) is 5.69 Å². The molecule has 0 aliphatic rings. The number of amides is 1. The van der Waals surface area contributed by atoms with Crippen LogP contribution in [0.2, 0.25) is 5.15 Å². The van der Waals surface area contributed by atoms with Crippen molar-refractivity contribution >= 4 is 34.1 Å². The van der Waals surface area contributed by atoms with Crippen molar-refractivity contribution in [2.45, 2.75) is 0 Å². The number of pyridine rings is 2. The zero-order chi connectivity index (χ0) is 13.9. The van der Waals surface area contributed by atoms with Gasteiger partial charge in [-0.2, -0.15) is 0 Å². The summed E-state index contributed by atoms with van der Waals surface area (Å²) < 4.78 is 0. The molecular weight excluding hydrogens is 274 g/mol. The molecule has 0 saturated heterocycles. The zero-order valence-electron chi connectivity index (χ0n) is 10.4. The number of hydrogen-bond donors (Lipinski definition) is 1. The van der Waals surface area contributed by atoms with Crippen LogP contribution in [0.5, 0.6) is 0 Å². The summed E-state index contributed by atoms with van der Waals surface area (Å²) in [5.74, 6) is -0.201. The van der Waals surface area contributed by atoms with E-state index in [1.54, 1.807) is 24.4 Å². The van der Waals surface area contributed by atoms with E-state index in [0.717, 1.165) is 10.9 Å². The SMILES string of the molecule is O=C(Nc1ccc(Cl)nc1)c1cccc2ncccc12. The van der Waals surface area contributed by atoms with E-state index in [1.165, 1.54) is 6.20 Å². The van der Waals surface area contributed by atoms with Crippen LogP contribution in [-0.4, -0.2) is 15.9 Å². The maximum absolute atomic E-state index is 12.3. The number of benzene rings is 1. The number of halogens is 1. The lowest BCUT2D eigenvalue weighted by Gasteiger charge is -2.07. The molecule has 2 aromatic heterocycles. The van der Waals surface area contributed by atoms with Crippen molar-refractivity contribution in [1.29, 1.82) is 0 Å². The molecule has 3 rings (SSSR count). The number of hydrogen-bond acceptors (Lipinski definition) is 3. The predicted octanol–water partition coefficient (Wildman–Crippen LogP) is 3.54. The fraction of sp³-hybridized carbons (Fsp3) is 0. The summed E-state index contributed by atoms with van der Waals surface area (Å²) in [5, 5.41) is 3.99. The van der Waals surface area contributed by atoms with Crippen LogP contribution in [0.1, 0.15) is 10.4 Å². The molecule has 98 valence electrons. The molecule has 0 unspecified atom stereocenters. The van der Waals surface area contributed by atoms with Gasteiger partial charge >= 0.3 is 0 Å². The van der Waals surface area contributed by atoms with Crippen LogP contribution >= 0.6 is 11.6 Å². The van der Waals surface area contributed by atoms with Gasteiger partial charge < -0.3 is 5.32 Å². The first-order valence-electron chi connectivity index (χ1n) is 6.01. The van der Waals surface area contributed by atoms with Gasteiger partial charge in [0.05, 0.1) is 17.4 Å². The minimum atomic E-state index is -0.201. The summed E-state index contributed by atoms with van der Waals surface area (Å²) in [6.07, 6.45) is 3.22. The molecule has 0 spiro atoms. The number of nitrogens with one attached hydrogen (secondary N) is 1. The molecule has 0 aliphatic heterocycles. The van der Waals surface area contributed by atoms with Gasteiger partial charge in [0.15, 0.2) is 0 Å². The fourth-order valence-corrected chi connectivity index (χ4v) is 2.06. The topological polar surface area (TPSA) is 54.9 Å². The van der Waals surface area contributed by atoms with Gasteiger partial charge in [0.2, 0.25) is 0 Å². The summed E-state index contributed by atoms with van der Waals surface area (Å²) in [7, 11) is 0. The molecule has 2 heterocycles. The van der Waals surface area contributed by atoms with Crippen LogP contribution in [0.15, 0.2) is 54.9 Å². The Kier molecular flexibility index (Phi) is 3.31. The van der Waals surface area contributed by atoms with E-state index in [2.05, 4.69) is 15.3 Å². The number of nitrogens with zero attached hydrogens (tertiary/aromatic N) is 2. The summed E-state index contributed by atoms with van der Waals surface area (Å²) >= 11 is 5.71. The van der Waals surface area contributed by atoms with Crippen molar-refractivity contribution in [2.24, 2.45) is 0 Å². The molecule has 0 fully saturated rings. The van der Waals surface area contributed by atoms with E-state index in [9.17, 15) is 4.79 Å². The summed E-state index contributed by atoms with van der Waals surface area (Å²) in [5.41, 5.74) is 1.96. The smallest absolute Gasteiger partial charge is 0.256 e. The Balaban J connectivity index is 1.94. The van der Waals surface area contributed by atoms with Crippen LogP contribution in [0.3, 0.4) is 0 Å². The highest BCUT2D eigenvalue weighted by molar-refractivity contribution is 6.29. The summed E-state index contributed by atoms with van der Waals surface area (Å²) in [6.45, 7) is 0. The minimum Gasteiger partial charge on any atom is -0.321 e. The third-order valence-corrected chi connectivity index (χ3v) is 3.10. The Morgan fingerprint density at radius 3 is 2.75 bits per heavy atom. The molecule has 0 bridgehead atoms. The first kappa shape index (κ1) is 12.6. The van der Waals surface area contributed by atoms with Crippen molar-refractivity contribution in [3.05, 3.63) is 65.6 Å². The lowest BCUT2D eigenvalue weighted by Crippen LogP contribution is -2.12. The molecule has 0 radical (unpaired) electrons. The van der Waals surface area contributed by atoms with Gasteiger partial charge in [-0.05, 0) is 30.3 Å². The fourth-order valence-electron chi connectivity index (χ4n) is 1.95. The second-order valence-corrected chi connectivity index (χ2v) is 4.59. The highest BCUT2D eigenvalue weighted by Gasteiger charge is 2.10. The van der Waals surface area contributed by atoms with E-state index in [0.29, 0.717) is 16.4 Å². The Morgan fingerprint density at radius 2 is 1.95 bits per heavy atom. The van der Waals surface area contributed by atoms with Crippen LogP contribution < -0.4 is 5.32 Å². The average molecular weight is 284 g/mol. The van der Waals surface area contributed by atoms with Crippen molar-refractivity contribution < 1.29 is 4.79 Å². The predicted molar refractivity (Wildman–Crippen MR) is 78.9 cm³/mol. The molecule has 1 amide bonds. The molecular formula is C15H10ClN3O. The third kappa shape index (κ3) is 2.46. The Hall–Kier alpha value is -2.46. The molecule has 5 heteroatoms. The van der Waals surface area contributed by atoms with Gasteiger partial charge in [0.1, 0.15) is 5.15 Å².